The van der Waals surface area contributed by atoms with Crippen LogP contribution in [-0.4, -0.2) is 19.6 Å². The zero-order valence-electron chi connectivity index (χ0n) is 10.8. The van der Waals surface area contributed by atoms with Crippen molar-refractivity contribution in [1.82, 2.24) is 5.32 Å². The largest absolute Gasteiger partial charge is 0.466 e. The topological polar surface area (TPSA) is 38.3 Å². The Kier molecular flexibility index (Phi) is 6.39. The zero-order chi connectivity index (χ0) is 13.5. The first-order valence-corrected chi connectivity index (χ1v) is 7.03. The summed E-state index contributed by atoms with van der Waals surface area (Å²) in [5.74, 6) is -0.258. The van der Waals surface area contributed by atoms with Crippen LogP contribution in [0.4, 0.5) is 0 Å². The lowest BCUT2D eigenvalue weighted by molar-refractivity contribution is -0.136. The quantitative estimate of drug-likeness (QED) is 0.642. The fraction of sp³-hybridized carbons (Fsp3) is 0.462. The molecule has 18 heavy (non-hydrogen) atoms. The molecular formula is C13H18ClNO2S. The fourth-order valence-corrected chi connectivity index (χ4v) is 2.61. The fourth-order valence-electron chi connectivity index (χ4n) is 1.52. The van der Waals surface area contributed by atoms with Gasteiger partial charge in [0.05, 0.1) is 11.4 Å². The average molecular weight is 288 g/mol. The number of hydrogen-bond donors (Lipinski definition) is 1. The first-order valence-electron chi connectivity index (χ1n) is 5.84. The Morgan fingerprint density at radius 3 is 2.83 bits per heavy atom. The number of nitrogens with one attached hydrogen (secondary N) is 1. The van der Waals surface area contributed by atoms with Gasteiger partial charge in [-0.25, -0.2) is 4.79 Å². The third-order valence-corrected chi connectivity index (χ3v) is 4.04. The summed E-state index contributed by atoms with van der Waals surface area (Å²) in [6.45, 7) is 4.64. The summed E-state index contributed by atoms with van der Waals surface area (Å²) in [5.41, 5.74) is 0.696. The van der Waals surface area contributed by atoms with Gasteiger partial charge in [0.15, 0.2) is 0 Å². The van der Waals surface area contributed by atoms with E-state index in [9.17, 15) is 4.79 Å². The van der Waals surface area contributed by atoms with Crippen LogP contribution in [0.25, 0.3) is 0 Å². The molecule has 1 N–H and O–H groups in total. The lowest BCUT2D eigenvalue weighted by Crippen LogP contribution is -2.18. The van der Waals surface area contributed by atoms with Crippen LogP contribution in [0.3, 0.4) is 0 Å². The third kappa shape index (κ3) is 4.44. The van der Waals surface area contributed by atoms with Gasteiger partial charge in [-0.1, -0.05) is 24.6 Å². The highest BCUT2D eigenvalue weighted by Crippen LogP contribution is 2.26. The molecule has 3 nitrogen and oxygen atoms in total. The molecule has 0 aliphatic carbocycles. The van der Waals surface area contributed by atoms with Crippen LogP contribution in [-0.2, 0) is 9.53 Å². The van der Waals surface area contributed by atoms with Crippen LogP contribution in [0.1, 0.15) is 31.2 Å². The van der Waals surface area contributed by atoms with E-state index < -0.39 is 0 Å². The number of esters is 1. The molecule has 1 aromatic heterocycles. The zero-order valence-corrected chi connectivity index (χ0v) is 12.4. The molecule has 0 radical (unpaired) electrons. The van der Waals surface area contributed by atoms with Gasteiger partial charge in [-0.05, 0) is 25.5 Å². The summed E-state index contributed by atoms with van der Waals surface area (Å²) in [7, 11) is 1.40. The van der Waals surface area contributed by atoms with Gasteiger partial charge in [0.25, 0.3) is 0 Å². The first-order chi connectivity index (χ1) is 8.58. The second kappa shape index (κ2) is 7.56. The van der Waals surface area contributed by atoms with E-state index in [1.807, 2.05) is 25.1 Å². The minimum absolute atomic E-state index is 0.217. The number of halogens is 1. The molecule has 0 bridgehead atoms. The van der Waals surface area contributed by atoms with E-state index in [-0.39, 0.29) is 12.0 Å². The van der Waals surface area contributed by atoms with Gasteiger partial charge < -0.3 is 10.1 Å². The van der Waals surface area contributed by atoms with Crippen molar-refractivity contribution in [3.63, 3.8) is 0 Å². The number of ether oxygens (including phenoxy) is 1. The average Bonchev–Trinajstić information content (AvgIpc) is 2.80. The Morgan fingerprint density at radius 1 is 1.61 bits per heavy atom. The lowest BCUT2D eigenvalue weighted by atomic mass is 10.2. The molecule has 0 aromatic carbocycles. The molecule has 0 aliphatic heterocycles. The predicted molar refractivity (Wildman–Crippen MR) is 76.1 cm³/mol. The van der Waals surface area contributed by atoms with Gasteiger partial charge in [0, 0.05) is 23.0 Å². The Labute approximate surface area is 117 Å². The number of rotatable bonds is 6. The third-order valence-electron chi connectivity index (χ3n) is 2.62. The van der Waals surface area contributed by atoms with Gasteiger partial charge in [-0.15, -0.1) is 11.3 Å². The highest BCUT2D eigenvalue weighted by molar-refractivity contribution is 7.16. The predicted octanol–water partition coefficient (Wildman–Crippen LogP) is 3.56. The minimum atomic E-state index is -0.258. The van der Waals surface area contributed by atoms with E-state index in [0.29, 0.717) is 18.5 Å². The monoisotopic (exact) mass is 287 g/mol. The first kappa shape index (κ1) is 15.2. The van der Waals surface area contributed by atoms with Crippen molar-refractivity contribution in [3.8, 4) is 0 Å². The van der Waals surface area contributed by atoms with Crippen molar-refractivity contribution in [3.05, 3.63) is 33.0 Å². The molecule has 0 saturated carbocycles. The second-order valence-corrected chi connectivity index (χ2v) is 5.59. The lowest BCUT2D eigenvalue weighted by Gasteiger charge is -2.10. The molecule has 0 fully saturated rings. The van der Waals surface area contributed by atoms with Gasteiger partial charge in [-0.2, -0.15) is 0 Å². The standard InChI is InChI=1S/C13H18ClNO2S/c1-4-10(13(16)17-3)7-8-15-9(2)11-5-6-12(14)18-11/h5-7,9,15H,4,8H2,1-3H3/b10-7-. The van der Waals surface area contributed by atoms with Crippen molar-refractivity contribution in [2.75, 3.05) is 13.7 Å². The highest BCUT2D eigenvalue weighted by Gasteiger charge is 2.08. The summed E-state index contributed by atoms with van der Waals surface area (Å²) >= 11 is 7.45. The van der Waals surface area contributed by atoms with Gasteiger partial charge in [0.2, 0.25) is 0 Å². The molecule has 0 aliphatic rings. The minimum Gasteiger partial charge on any atom is -0.466 e. The van der Waals surface area contributed by atoms with Crippen LogP contribution in [0.5, 0.6) is 0 Å². The number of carbonyl (C=O) groups excluding carboxylic acids is 1. The van der Waals surface area contributed by atoms with Crippen molar-refractivity contribution in [2.45, 2.75) is 26.3 Å². The van der Waals surface area contributed by atoms with Gasteiger partial charge in [0.1, 0.15) is 0 Å². The van der Waals surface area contributed by atoms with E-state index in [1.165, 1.54) is 12.0 Å². The van der Waals surface area contributed by atoms with E-state index in [2.05, 4.69) is 12.2 Å². The highest BCUT2D eigenvalue weighted by atomic mass is 35.5. The number of carbonyl (C=O) groups is 1. The van der Waals surface area contributed by atoms with E-state index in [1.54, 1.807) is 11.3 Å². The molecule has 1 aromatic rings. The second-order valence-electron chi connectivity index (χ2n) is 3.85. The van der Waals surface area contributed by atoms with E-state index in [0.717, 1.165) is 4.34 Å². The number of methoxy groups -OCH3 is 1. The summed E-state index contributed by atoms with van der Waals surface area (Å²) in [6, 6.07) is 4.12. The molecule has 100 valence electrons. The van der Waals surface area contributed by atoms with Crippen molar-refractivity contribution >= 4 is 28.9 Å². The number of hydrogen-bond acceptors (Lipinski definition) is 4. The Balaban J connectivity index is 2.50. The van der Waals surface area contributed by atoms with Crippen LogP contribution >= 0.6 is 22.9 Å². The van der Waals surface area contributed by atoms with Crippen molar-refractivity contribution in [1.29, 1.82) is 0 Å². The van der Waals surface area contributed by atoms with E-state index >= 15 is 0 Å². The molecule has 1 atom stereocenters. The van der Waals surface area contributed by atoms with E-state index in [4.69, 9.17) is 16.3 Å². The maximum atomic E-state index is 11.4. The number of thiophene rings is 1. The molecule has 0 amide bonds. The molecule has 1 heterocycles. The van der Waals surface area contributed by atoms with Crippen LogP contribution in [0.2, 0.25) is 4.34 Å². The maximum Gasteiger partial charge on any atom is 0.333 e. The SMILES string of the molecule is CC/C(=C/CNC(C)c1ccc(Cl)s1)C(=O)OC. The maximum absolute atomic E-state index is 11.4. The summed E-state index contributed by atoms with van der Waals surface area (Å²) in [6.07, 6.45) is 2.55. The Bertz CT molecular complexity index is 428. The van der Waals surface area contributed by atoms with Crippen LogP contribution < -0.4 is 5.32 Å². The molecule has 5 heteroatoms. The molecule has 0 spiro atoms. The van der Waals surface area contributed by atoms with Gasteiger partial charge >= 0.3 is 5.97 Å². The molecule has 0 saturated heterocycles. The normalized spacial score (nSPS) is 13.4. The van der Waals surface area contributed by atoms with Crippen LogP contribution in [0.15, 0.2) is 23.8 Å². The smallest absolute Gasteiger partial charge is 0.333 e. The Hall–Kier alpha value is -0.840. The summed E-state index contributed by atoms with van der Waals surface area (Å²) in [5, 5.41) is 3.32. The molecule has 1 unspecified atom stereocenters. The summed E-state index contributed by atoms with van der Waals surface area (Å²) < 4.78 is 5.49. The van der Waals surface area contributed by atoms with Gasteiger partial charge in [-0.3, -0.25) is 0 Å². The Morgan fingerprint density at radius 2 is 2.33 bits per heavy atom. The molecule has 1 rings (SSSR count). The summed E-state index contributed by atoms with van der Waals surface area (Å²) in [4.78, 5) is 12.5. The van der Waals surface area contributed by atoms with Crippen molar-refractivity contribution in [2.24, 2.45) is 0 Å². The van der Waals surface area contributed by atoms with Crippen molar-refractivity contribution < 1.29 is 9.53 Å². The molecular weight excluding hydrogens is 270 g/mol. The van der Waals surface area contributed by atoms with Crippen LogP contribution in [0, 0.1) is 0 Å².